The monoisotopic (exact) mass is 476 g/mol. The quantitative estimate of drug-likeness (QED) is 0.617. The molecule has 2 fully saturated rings. The van der Waals surface area contributed by atoms with Crippen LogP contribution in [-0.4, -0.2) is 53.2 Å². The molecule has 2 aliphatic carbocycles. The number of carbonyl (C=O) groups is 3. The van der Waals surface area contributed by atoms with Crippen LogP contribution in [0.25, 0.3) is 11.1 Å². The fourth-order valence-electron chi connectivity index (χ4n) is 5.69. The van der Waals surface area contributed by atoms with Crippen molar-refractivity contribution in [2.24, 2.45) is 11.3 Å². The van der Waals surface area contributed by atoms with Gasteiger partial charge in [0.05, 0.1) is 17.4 Å². The van der Waals surface area contributed by atoms with Gasteiger partial charge >= 0.3 is 12.1 Å². The van der Waals surface area contributed by atoms with Gasteiger partial charge in [-0.25, -0.2) is 4.79 Å². The van der Waals surface area contributed by atoms with Crippen LogP contribution in [0.5, 0.6) is 0 Å². The molecule has 5 rings (SSSR count). The summed E-state index contributed by atoms with van der Waals surface area (Å²) in [5.74, 6) is -1.03. The zero-order chi connectivity index (χ0) is 24.8. The first kappa shape index (κ1) is 23.4. The highest BCUT2D eigenvalue weighted by molar-refractivity contribution is 5.83. The number of carbonyl (C=O) groups excluding carboxylic acids is 2. The summed E-state index contributed by atoms with van der Waals surface area (Å²) in [6, 6.07) is 16.4. The maximum absolute atomic E-state index is 13.0. The number of aliphatic carboxylic acids is 1. The predicted octanol–water partition coefficient (Wildman–Crippen LogP) is 4.41. The number of benzene rings is 2. The first-order valence-corrected chi connectivity index (χ1v) is 12.4. The van der Waals surface area contributed by atoms with Gasteiger partial charge in [-0.3, -0.25) is 9.59 Å². The van der Waals surface area contributed by atoms with Gasteiger partial charge in [0, 0.05) is 19.0 Å². The second-order valence-corrected chi connectivity index (χ2v) is 10.6. The van der Waals surface area contributed by atoms with E-state index in [-0.39, 0.29) is 37.3 Å². The number of hydrogen-bond acceptors (Lipinski definition) is 4. The summed E-state index contributed by atoms with van der Waals surface area (Å²) in [6.45, 7) is 4.67. The van der Waals surface area contributed by atoms with Crippen molar-refractivity contribution in [3.63, 3.8) is 0 Å². The lowest BCUT2D eigenvalue weighted by Crippen LogP contribution is -2.44. The highest BCUT2D eigenvalue weighted by atomic mass is 16.5. The van der Waals surface area contributed by atoms with E-state index in [1.807, 2.05) is 38.1 Å². The van der Waals surface area contributed by atoms with Crippen LogP contribution in [0.2, 0.25) is 0 Å². The number of hydrogen-bond donors (Lipinski definition) is 2. The molecule has 1 atom stereocenters. The number of carboxylic acid groups (broad SMARTS) is 1. The molecule has 3 aliphatic rings. The molecule has 1 aliphatic heterocycles. The molecule has 1 saturated heterocycles. The van der Waals surface area contributed by atoms with Crippen molar-refractivity contribution in [3.8, 4) is 11.1 Å². The molecule has 35 heavy (non-hydrogen) atoms. The second kappa shape index (κ2) is 8.70. The summed E-state index contributed by atoms with van der Waals surface area (Å²) in [5.41, 5.74) is 3.16. The van der Waals surface area contributed by atoms with Crippen molar-refractivity contribution in [1.29, 1.82) is 0 Å². The zero-order valence-corrected chi connectivity index (χ0v) is 20.3. The predicted molar refractivity (Wildman–Crippen MR) is 131 cm³/mol. The number of carboxylic acids is 1. The third-order valence-corrected chi connectivity index (χ3v) is 8.24. The maximum Gasteiger partial charge on any atom is 0.407 e. The molecular weight excluding hydrogens is 444 g/mol. The van der Waals surface area contributed by atoms with Gasteiger partial charge in [-0.1, -0.05) is 62.4 Å². The molecule has 7 nitrogen and oxygen atoms in total. The molecule has 1 unspecified atom stereocenters. The third-order valence-electron chi connectivity index (χ3n) is 8.24. The number of nitrogens with zero attached hydrogens (tertiary/aromatic N) is 1. The second-order valence-electron chi connectivity index (χ2n) is 10.6. The Morgan fingerprint density at radius 3 is 2.14 bits per heavy atom. The zero-order valence-electron chi connectivity index (χ0n) is 20.3. The number of rotatable bonds is 7. The molecule has 7 heteroatoms. The molecule has 0 spiro atoms. The number of likely N-dealkylation sites (tertiary alicyclic amines) is 1. The SMILES string of the molecule is CC(C)C1(C(=O)O)CCN(C(=O)CC2(NC(=O)OCC3c4ccccc4-c4ccccc43)CC2)C1. The van der Waals surface area contributed by atoms with Crippen molar-refractivity contribution in [2.45, 2.75) is 51.0 Å². The Bertz CT molecular complexity index is 1130. The highest BCUT2D eigenvalue weighted by Crippen LogP contribution is 2.45. The van der Waals surface area contributed by atoms with Crippen molar-refractivity contribution in [1.82, 2.24) is 10.2 Å². The summed E-state index contributed by atoms with van der Waals surface area (Å²) in [5, 5.41) is 12.7. The van der Waals surface area contributed by atoms with Gasteiger partial charge in [-0.05, 0) is 47.4 Å². The Labute approximate surface area is 205 Å². The van der Waals surface area contributed by atoms with Crippen LogP contribution < -0.4 is 5.32 Å². The standard InChI is InChI=1S/C28H32N2O5/c1-18(2)28(25(32)33)13-14-30(17-28)24(31)15-27(11-12-27)29-26(34)35-16-23-21-9-5-3-7-19(21)20-8-4-6-10-22(20)23/h3-10,18,23H,11-17H2,1-2H3,(H,29,34)(H,32,33). The molecule has 2 aromatic carbocycles. The Morgan fingerprint density at radius 1 is 1.03 bits per heavy atom. The van der Waals surface area contributed by atoms with Crippen LogP contribution >= 0.6 is 0 Å². The maximum atomic E-state index is 13.0. The van der Waals surface area contributed by atoms with Gasteiger partial charge < -0.3 is 20.1 Å². The first-order valence-electron chi connectivity index (χ1n) is 12.4. The lowest BCUT2D eigenvalue weighted by Gasteiger charge is -2.29. The average molecular weight is 477 g/mol. The largest absolute Gasteiger partial charge is 0.481 e. The Kier molecular flexibility index (Phi) is 5.82. The number of amides is 2. The van der Waals surface area contributed by atoms with Crippen molar-refractivity contribution >= 4 is 18.0 Å². The Morgan fingerprint density at radius 2 is 1.63 bits per heavy atom. The van der Waals surface area contributed by atoms with Crippen molar-refractivity contribution in [3.05, 3.63) is 59.7 Å². The Hall–Kier alpha value is -3.35. The summed E-state index contributed by atoms with van der Waals surface area (Å²) >= 11 is 0. The van der Waals surface area contributed by atoms with Crippen LogP contribution in [0.3, 0.4) is 0 Å². The molecular formula is C28H32N2O5. The first-order chi connectivity index (χ1) is 16.7. The smallest absolute Gasteiger partial charge is 0.407 e. The van der Waals surface area contributed by atoms with Gasteiger partial charge in [0.15, 0.2) is 0 Å². The van der Waals surface area contributed by atoms with E-state index in [2.05, 4.69) is 29.6 Å². The van der Waals surface area contributed by atoms with E-state index in [0.717, 1.165) is 11.1 Å². The van der Waals surface area contributed by atoms with Crippen molar-refractivity contribution < 1.29 is 24.2 Å². The summed E-state index contributed by atoms with van der Waals surface area (Å²) in [7, 11) is 0. The molecule has 184 valence electrons. The number of nitrogens with one attached hydrogen (secondary N) is 1. The minimum atomic E-state index is -0.896. The molecule has 2 N–H and O–H groups in total. The van der Waals surface area contributed by atoms with E-state index in [1.165, 1.54) is 11.1 Å². The van der Waals surface area contributed by atoms with Crippen LogP contribution in [0.15, 0.2) is 48.5 Å². The van der Waals surface area contributed by atoms with Crippen LogP contribution in [0, 0.1) is 11.3 Å². The number of ether oxygens (including phenoxy) is 1. The fraction of sp³-hybridized carbons (Fsp3) is 0.464. The van der Waals surface area contributed by atoms with E-state index in [1.54, 1.807) is 4.90 Å². The minimum Gasteiger partial charge on any atom is -0.481 e. The van der Waals surface area contributed by atoms with Crippen molar-refractivity contribution in [2.75, 3.05) is 19.7 Å². The van der Waals surface area contributed by atoms with Gasteiger partial charge in [-0.15, -0.1) is 0 Å². The average Bonchev–Trinajstić information content (AvgIpc) is 3.30. The number of alkyl carbamates (subject to hydrolysis) is 1. The Balaban J connectivity index is 1.19. The summed E-state index contributed by atoms with van der Waals surface area (Å²) in [6.07, 6.45) is 1.54. The topological polar surface area (TPSA) is 95.9 Å². The molecule has 1 heterocycles. The lowest BCUT2D eigenvalue weighted by molar-refractivity contribution is -0.151. The van der Waals surface area contributed by atoms with Crippen LogP contribution in [-0.2, 0) is 14.3 Å². The fourth-order valence-corrected chi connectivity index (χ4v) is 5.69. The molecule has 2 aromatic rings. The summed E-state index contributed by atoms with van der Waals surface area (Å²) in [4.78, 5) is 39.3. The minimum absolute atomic E-state index is 0.0188. The van der Waals surface area contributed by atoms with Gasteiger partial charge in [-0.2, -0.15) is 0 Å². The van der Waals surface area contributed by atoms with Gasteiger partial charge in [0.1, 0.15) is 6.61 Å². The molecule has 0 bridgehead atoms. The van der Waals surface area contributed by atoms with Gasteiger partial charge in [0.2, 0.25) is 5.91 Å². The van der Waals surface area contributed by atoms with Crippen LogP contribution in [0.4, 0.5) is 4.79 Å². The molecule has 0 aromatic heterocycles. The number of fused-ring (bicyclic) bond motifs is 3. The third kappa shape index (κ3) is 4.17. The molecule has 2 amide bonds. The highest BCUT2D eigenvalue weighted by Gasteiger charge is 2.51. The van der Waals surface area contributed by atoms with E-state index < -0.39 is 23.0 Å². The summed E-state index contributed by atoms with van der Waals surface area (Å²) < 4.78 is 5.67. The van der Waals surface area contributed by atoms with E-state index in [9.17, 15) is 19.5 Å². The van der Waals surface area contributed by atoms with E-state index in [4.69, 9.17) is 4.74 Å². The molecule has 1 saturated carbocycles. The normalized spacial score (nSPS) is 22.0. The van der Waals surface area contributed by atoms with Gasteiger partial charge in [0.25, 0.3) is 0 Å². The van der Waals surface area contributed by atoms with Crippen LogP contribution in [0.1, 0.15) is 56.6 Å². The van der Waals surface area contributed by atoms with E-state index >= 15 is 0 Å². The van der Waals surface area contributed by atoms with E-state index in [0.29, 0.717) is 25.8 Å². The molecule has 0 radical (unpaired) electrons. The lowest BCUT2D eigenvalue weighted by atomic mass is 9.76.